The molecule has 1 aliphatic rings. The van der Waals surface area contributed by atoms with Crippen LogP contribution in [0.15, 0.2) is 47.8 Å². The van der Waals surface area contributed by atoms with Gasteiger partial charge in [0.1, 0.15) is 11.1 Å². The molecule has 0 amide bonds. The smallest absolute Gasteiger partial charge is 0.231 e. The van der Waals surface area contributed by atoms with Crippen LogP contribution in [0, 0.1) is 11.3 Å². The number of hydrogen-bond donors (Lipinski definition) is 0. The summed E-state index contributed by atoms with van der Waals surface area (Å²) in [4.78, 5) is 4.59. The molecule has 0 fully saturated rings. The van der Waals surface area contributed by atoms with Crippen molar-refractivity contribution < 1.29 is 9.47 Å². The highest BCUT2D eigenvalue weighted by Gasteiger charge is 2.15. The van der Waals surface area contributed by atoms with Crippen LogP contribution in [0.4, 0.5) is 0 Å². The van der Waals surface area contributed by atoms with Gasteiger partial charge in [0.05, 0.1) is 11.3 Å². The highest BCUT2D eigenvalue weighted by molar-refractivity contribution is 7.11. The van der Waals surface area contributed by atoms with Gasteiger partial charge in [-0.1, -0.05) is 23.7 Å². The Morgan fingerprint density at radius 1 is 1.20 bits per heavy atom. The molecule has 0 unspecified atom stereocenters. The van der Waals surface area contributed by atoms with E-state index in [0.717, 1.165) is 22.6 Å². The first-order valence-electron chi connectivity index (χ1n) is 7.46. The molecule has 0 N–H and O–H groups in total. The molecule has 1 aliphatic heterocycles. The fourth-order valence-corrected chi connectivity index (χ4v) is 3.48. The number of halogens is 1. The molecule has 122 valence electrons. The number of thiazole rings is 1. The average molecular weight is 367 g/mol. The van der Waals surface area contributed by atoms with Crippen molar-refractivity contribution in [2.24, 2.45) is 0 Å². The van der Waals surface area contributed by atoms with Gasteiger partial charge >= 0.3 is 0 Å². The van der Waals surface area contributed by atoms with Gasteiger partial charge < -0.3 is 9.47 Å². The highest BCUT2D eigenvalue weighted by atomic mass is 35.5. The van der Waals surface area contributed by atoms with Crippen LogP contribution < -0.4 is 9.47 Å². The van der Waals surface area contributed by atoms with E-state index < -0.39 is 0 Å². The molecule has 1 aromatic heterocycles. The molecule has 2 aromatic carbocycles. The summed E-state index contributed by atoms with van der Waals surface area (Å²) in [6.07, 6.45) is 1.79. The van der Waals surface area contributed by atoms with Crippen LogP contribution in [-0.4, -0.2) is 11.8 Å². The quantitative estimate of drug-likeness (QED) is 0.593. The minimum absolute atomic E-state index is 0.238. The third-order valence-corrected chi connectivity index (χ3v) is 4.79. The van der Waals surface area contributed by atoms with E-state index in [1.54, 1.807) is 12.1 Å². The molecule has 4 rings (SSSR count). The van der Waals surface area contributed by atoms with Gasteiger partial charge in [-0.3, -0.25) is 0 Å². The van der Waals surface area contributed by atoms with Crippen LogP contribution in [0.5, 0.6) is 11.5 Å². The largest absolute Gasteiger partial charge is 0.454 e. The summed E-state index contributed by atoms with van der Waals surface area (Å²) in [5, 5.41) is 12.7. The van der Waals surface area contributed by atoms with E-state index in [9.17, 15) is 5.26 Å². The summed E-state index contributed by atoms with van der Waals surface area (Å²) in [5.41, 5.74) is 3.08. The highest BCUT2D eigenvalue weighted by Crippen LogP contribution is 2.36. The minimum Gasteiger partial charge on any atom is -0.454 e. The molecule has 6 heteroatoms. The van der Waals surface area contributed by atoms with Crippen molar-refractivity contribution in [1.29, 1.82) is 5.26 Å². The Labute approximate surface area is 153 Å². The molecular weight excluding hydrogens is 356 g/mol. The van der Waals surface area contributed by atoms with Gasteiger partial charge in [0.15, 0.2) is 11.5 Å². The van der Waals surface area contributed by atoms with E-state index in [1.165, 1.54) is 11.3 Å². The third-order valence-electron chi connectivity index (χ3n) is 3.68. The third kappa shape index (κ3) is 3.22. The Morgan fingerprint density at radius 2 is 2.08 bits per heavy atom. The lowest BCUT2D eigenvalue weighted by Gasteiger charge is -1.99. The molecular formula is C19H11ClN2O2S. The van der Waals surface area contributed by atoms with Gasteiger partial charge in [-0.2, -0.15) is 5.26 Å². The van der Waals surface area contributed by atoms with E-state index >= 15 is 0 Å². The zero-order chi connectivity index (χ0) is 17.2. The number of allylic oxidation sites excluding steroid dienone is 1. The van der Waals surface area contributed by atoms with Crippen LogP contribution >= 0.6 is 22.9 Å². The maximum atomic E-state index is 9.50. The second-order valence-corrected chi connectivity index (χ2v) is 6.63. The van der Waals surface area contributed by atoms with E-state index in [-0.39, 0.29) is 6.79 Å². The Morgan fingerprint density at radius 3 is 2.92 bits per heavy atom. The fraction of sp³-hybridized carbons (Fsp3) is 0.0526. The van der Waals surface area contributed by atoms with E-state index in [2.05, 4.69) is 11.1 Å². The monoisotopic (exact) mass is 366 g/mol. The van der Waals surface area contributed by atoms with Crippen LogP contribution in [-0.2, 0) is 0 Å². The number of nitrogens with zero attached hydrogens (tertiary/aromatic N) is 2. The number of benzene rings is 2. The average Bonchev–Trinajstić information content (AvgIpc) is 3.28. The second kappa shape index (κ2) is 6.60. The van der Waals surface area contributed by atoms with E-state index in [1.807, 2.05) is 41.8 Å². The van der Waals surface area contributed by atoms with Gasteiger partial charge in [-0.25, -0.2) is 4.98 Å². The molecule has 0 aliphatic carbocycles. The Hall–Kier alpha value is -2.81. The number of ether oxygens (including phenoxy) is 2. The first-order chi connectivity index (χ1) is 12.2. The predicted octanol–water partition coefficient (Wildman–Crippen LogP) is 5.26. The Balaban J connectivity index is 1.67. The zero-order valence-electron chi connectivity index (χ0n) is 12.9. The number of aromatic nitrogens is 1. The van der Waals surface area contributed by atoms with Crippen molar-refractivity contribution in [2.45, 2.75) is 0 Å². The van der Waals surface area contributed by atoms with Gasteiger partial charge in [-0.15, -0.1) is 11.3 Å². The molecule has 0 saturated carbocycles. The van der Waals surface area contributed by atoms with Crippen molar-refractivity contribution in [3.05, 3.63) is 63.4 Å². The molecule has 0 radical (unpaired) electrons. The van der Waals surface area contributed by atoms with Gasteiger partial charge in [0.2, 0.25) is 6.79 Å². The number of hydrogen-bond acceptors (Lipinski definition) is 5. The second-order valence-electron chi connectivity index (χ2n) is 5.33. The molecule has 0 saturated heterocycles. The summed E-state index contributed by atoms with van der Waals surface area (Å²) >= 11 is 7.43. The van der Waals surface area contributed by atoms with Gasteiger partial charge in [0.25, 0.3) is 0 Å². The van der Waals surface area contributed by atoms with Gasteiger partial charge in [0, 0.05) is 16.0 Å². The van der Waals surface area contributed by atoms with Crippen molar-refractivity contribution in [3.8, 4) is 28.8 Å². The molecule has 0 bridgehead atoms. The minimum atomic E-state index is 0.238. The number of nitriles is 1. The topological polar surface area (TPSA) is 55.1 Å². The van der Waals surface area contributed by atoms with Gasteiger partial charge in [-0.05, 0) is 42.0 Å². The molecule has 3 aromatic rings. The zero-order valence-corrected chi connectivity index (χ0v) is 14.5. The first-order valence-corrected chi connectivity index (χ1v) is 8.72. The lowest BCUT2D eigenvalue weighted by Crippen LogP contribution is -1.92. The number of rotatable bonds is 3. The molecule has 4 nitrogen and oxygen atoms in total. The Kier molecular flexibility index (Phi) is 4.14. The van der Waals surface area contributed by atoms with Crippen molar-refractivity contribution in [2.75, 3.05) is 6.79 Å². The lowest BCUT2D eigenvalue weighted by atomic mass is 10.1. The molecule has 0 atom stereocenters. The van der Waals surface area contributed by atoms with Crippen LogP contribution in [0.1, 0.15) is 10.6 Å². The maximum Gasteiger partial charge on any atom is 0.231 e. The summed E-state index contributed by atoms with van der Waals surface area (Å²) in [5.74, 6) is 1.44. The fourth-order valence-electron chi connectivity index (χ4n) is 2.49. The standard InChI is InChI=1S/C19H11ClN2O2S/c20-15-3-1-2-12(7-15)6-14(9-21)19-22-16(10-25-19)13-4-5-17-18(8-13)24-11-23-17/h1-8,10H,11H2/b14-6-. The lowest BCUT2D eigenvalue weighted by molar-refractivity contribution is 0.174. The molecule has 25 heavy (non-hydrogen) atoms. The summed E-state index contributed by atoms with van der Waals surface area (Å²) in [6, 6.07) is 15.3. The van der Waals surface area contributed by atoms with Crippen molar-refractivity contribution >= 4 is 34.6 Å². The first kappa shape index (κ1) is 15.7. The number of fused-ring (bicyclic) bond motifs is 1. The van der Waals surface area contributed by atoms with Crippen LogP contribution in [0.2, 0.25) is 5.02 Å². The molecule has 0 spiro atoms. The SMILES string of the molecule is N#C/C(=C/c1cccc(Cl)c1)c1nc(-c2ccc3c(c2)OCO3)cs1. The van der Waals surface area contributed by atoms with Crippen LogP contribution in [0.3, 0.4) is 0 Å². The van der Waals surface area contributed by atoms with E-state index in [4.69, 9.17) is 21.1 Å². The predicted molar refractivity (Wildman–Crippen MR) is 98.6 cm³/mol. The van der Waals surface area contributed by atoms with Crippen LogP contribution in [0.25, 0.3) is 22.9 Å². The van der Waals surface area contributed by atoms with Crippen molar-refractivity contribution in [3.63, 3.8) is 0 Å². The van der Waals surface area contributed by atoms with Crippen molar-refractivity contribution in [1.82, 2.24) is 4.98 Å². The Bertz CT molecular complexity index is 1020. The van der Waals surface area contributed by atoms with E-state index in [0.29, 0.717) is 21.4 Å². The molecule has 2 heterocycles. The normalized spacial score (nSPS) is 12.9. The summed E-state index contributed by atoms with van der Waals surface area (Å²) in [7, 11) is 0. The maximum absolute atomic E-state index is 9.50. The summed E-state index contributed by atoms with van der Waals surface area (Å²) in [6.45, 7) is 0.238. The summed E-state index contributed by atoms with van der Waals surface area (Å²) < 4.78 is 10.7.